The Labute approximate surface area is 536 Å². The van der Waals surface area contributed by atoms with Crippen molar-refractivity contribution in [2.45, 2.75) is 375 Å². The number of allylic oxidation sites excluding steroid dienone is 5. The van der Waals surface area contributed by atoms with Gasteiger partial charge in [0.25, 0.3) is 0 Å². The summed E-state index contributed by atoms with van der Waals surface area (Å²) in [4.78, 5) is 13.4. The Morgan fingerprint density at radius 2 is 0.719 bits per heavy atom. The van der Waals surface area contributed by atoms with Crippen molar-refractivity contribution in [1.82, 2.24) is 5.32 Å². The number of aliphatic hydroxyl groups is 11. The van der Waals surface area contributed by atoms with Crippen LogP contribution in [0.3, 0.4) is 0 Å². The molecular formula is C70H129NO18. The Morgan fingerprint density at radius 1 is 0.393 bits per heavy atom. The van der Waals surface area contributed by atoms with Crippen molar-refractivity contribution in [2.24, 2.45) is 0 Å². The van der Waals surface area contributed by atoms with E-state index in [1.807, 2.05) is 6.08 Å². The molecule has 3 rings (SSSR count). The fourth-order valence-corrected chi connectivity index (χ4v) is 12.1. The SMILES string of the molecule is CCCCCCCCCC/C=C\CCCCCCCCCCCCCC(=O)NC(COC1OC(CO)C(OC2OC(CO)C(OC3OC(CO)C(O)C(O)C3O)C(O)C2O)C(O)C1O)C(O)/C=C/CC/C=C/CCCCCCCCCCCCCCCCC. The monoisotopic (exact) mass is 1270 g/mol. The van der Waals surface area contributed by atoms with Gasteiger partial charge in [-0.15, -0.1) is 0 Å². The molecule has 3 saturated heterocycles. The number of hydrogen-bond acceptors (Lipinski definition) is 18. The Kier molecular flexibility index (Phi) is 47.7. The molecule has 0 bridgehead atoms. The number of nitrogens with one attached hydrogen (secondary N) is 1. The van der Waals surface area contributed by atoms with E-state index in [0.29, 0.717) is 12.8 Å². The largest absolute Gasteiger partial charge is 0.394 e. The lowest BCUT2D eigenvalue weighted by Gasteiger charge is -2.48. The Bertz CT molecular complexity index is 1760. The van der Waals surface area contributed by atoms with Crippen molar-refractivity contribution < 1.29 is 89.4 Å². The van der Waals surface area contributed by atoms with Gasteiger partial charge in [-0.2, -0.15) is 0 Å². The zero-order valence-electron chi connectivity index (χ0n) is 55.2. The van der Waals surface area contributed by atoms with Crippen molar-refractivity contribution in [3.63, 3.8) is 0 Å². The number of ether oxygens (including phenoxy) is 6. The standard InChI is InChI=1S/C70H129NO18/c1-3-5-7-9-11-13-15-17-19-21-23-25-26-28-30-32-34-36-38-40-42-44-46-48-58(76)71-53(54(75)47-45-43-41-39-37-35-33-31-29-27-24-22-20-18-16-14-12-10-8-6-4-2)52-84-68-64(82)61(79)66(56(50-73)86-68)89-70-65(83)62(80)67(57(51-74)87-70)88-69-63(81)60(78)59(77)55(49-72)85-69/h21,23,37,39,45,47,53-57,59-70,72-75,77-83H,3-20,22,24-36,38,40-44,46,48-52H2,1-2H3,(H,71,76)/b23-21-,39-37+,47-45+. The molecule has 0 aromatic carbocycles. The van der Waals surface area contributed by atoms with Gasteiger partial charge in [0.1, 0.15) is 73.2 Å². The van der Waals surface area contributed by atoms with E-state index in [2.05, 4.69) is 43.5 Å². The van der Waals surface area contributed by atoms with E-state index >= 15 is 0 Å². The number of rotatable bonds is 55. The van der Waals surface area contributed by atoms with Crippen molar-refractivity contribution in [1.29, 1.82) is 0 Å². The molecule has 0 saturated carbocycles. The molecule has 3 aliphatic rings. The van der Waals surface area contributed by atoms with Crippen LogP contribution in [0, 0.1) is 0 Å². The molecule has 89 heavy (non-hydrogen) atoms. The molecule has 0 aromatic heterocycles. The maximum atomic E-state index is 13.4. The topological polar surface area (TPSA) is 307 Å². The van der Waals surface area contributed by atoms with E-state index in [9.17, 15) is 61.0 Å². The minimum atomic E-state index is -1.98. The summed E-state index contributed by atoms with van der Waals surface area (Å²) in [5, 5.41) is 121. The molecule has 3 fully saturated rings. The number of hydrogen-bond donors (Lipinski definition) is 12. The average Bonchev–Trinajstić information content (AvgIpc) is 2.09. The van der Waals surface area contributed by atoms with Gasteiger partial charge in [0, 0.05) is 6.42 Å². The second-order valence-electron chi connectivity index (χ2n) is 25.7. The number of unbranched alkanes of at least 4 members (excludes halogenated alkanes) is 35. The second-order valence-corrected chi connectivity index (χ2v) is 25.7. The Balaban J connectivity index is 1.45. The van der Waals surface area contributed by atoms with E-state index in [1.165, 1.54) is 199 Å². The molecule has 3 heterocycles. The number of carbonyl (C=O) groups is 1. The van der Waals surface area contributed by atoms with Crippen LogP contribution in [-0.4, -0.2) is 193 Å². The molecule has 0 aromatic rings. The fraction of sp³-hybridized carbons (Fsp3) is 0.900. The predicted octanol–water partition coefficient (Wildman–Crippen LogP) is 9.61. The normalized spacial score (nSPS) is 28.4. The lowest BCUT2D eigenvalue weighted by atomic mass is 9.96. The number of aliphatic hydroxyl groups excluding tert-OH is 11. The molecule has 19 nitrogen and oxygen atoms in total. The van der Waals surface area contributed by atoms with Gasteiger partial charge in [-0.3, -0.25) is 4.79 Å². The molecule has 0 spiro atoms. The third-order valence-corrected chi connectivity index (χ3v) is 17.9. The summed E-state index contributed by atoms with van der Waals surface area (Å²) in [6.45, 7) is 1.74. The van der Waals surface area contributed by atoms with Crippen LogP contribution in [0.4, 0.5) is 0 Å². The molecule has 19 heteroatoms. The first-order valence-corrected chi connectivity index (χ1v) is 35.7. The molecule has 0 aliphatic carbocycles. The molecular weight excluding hydrogens is 1140 g/mol. The third kappa shape index (κ3) is 34.3. The van der Waals surface area contributed by atoms with Crippen LogP contribution in [-0.2, 0) is 33.2 Å². The van der Waals surface area contributed by atoms with Crippen LogP contribution in [0.1, 0.15) is 271 Å². The summed E-state index contributed by atoms with van der Waals surface area (Å²) in [5.74, 6) is -0.283. The maximum Gasteiger partial charge on any atom is 0.220 e. The highest BCUT2D eigenvalue weighted by molar-refractivity contribution is 5.76. The van der Waals surface area contributed by atoms with Crippen LogP contribution < -0.4 is 5.32 Å². The highest BCUT2D eigenvalue weighted by Crippen LogP contribution is 2.33. The molecule has 522 valence electrons. The maximum absolute atomic E-state index is 13.4. The van der Waals surface area contributed by atoms with Gasteiger partial charge in [0.05, 0.1) is 38.6 Å². The molecule has 3 aliphatic heterocycles. The minimum Gasteiger partial charge on any atom is -0.394 e. The summed E-state index contributed by atoms with van der Waals surface area (Å²) >= 11 is 0. The fourth-order valence-electron chi connectivity index (χ4n) is 12.1. The quantitative estimate of drug-likeness (QED) is 0.0199. The smallest absolute Gasteiger partial charge is 0.220 e. The van der Waals surface area contributed by atoms with Gasteiger partial charge < -0.3 is 89.9 Å². The van der Waals surface area contributed by atoms with Crippen LogP contribution in [0.2, 0.25) is 0 Å². The van der Waals surface area contributed by atoms with E-state index in [1.54, 1.807) is 6.08 Å². The zero-order valence-corrected chi connectivity index (χ0v) is 55.2. The molecule has 0 radical (unpaired) electrons. The van der Waals surface area contributed by atoms with Gasteiger partial charge >= 0.3 is 0 Å². The van der Waals surface area contributed by atoms with E-state index in [0.717, 1.165) is 38.5 Å². The molecule has 1 amide bonds. The summed E-state index contributed by atoms with van der Waals surface area (Å²) in [7, 11) is 0. The number of carbonyl (C=O) groups excluding carboxylic acids is 1. The van der Waals surface area contributed by atoms with Gasteiger partial charge in [-0.05, 0) is 57.8 Å². The van der Waals surface area contributed by atoms with Gasteiger partial charge in [0.15, 0.2) is 18.9 Å². The summed E-state index contributed by atoms with van der Waals surface area (Å²) in [6.07, 6.45) is 34.1. The van der Waals surface area contributed by atoms with E-state index in [-0.39, 0.29) is 18.9 Å². The van der Waals surface area contributed by atoms with Gasteiger partial charge in [-0.25, -0.2) is 0 Å². The van der Waals surface area contributed by atoms with Crippen LogP contribution in [0.15, 0.2) is 36.5 Å². The predicted molar refractivity (Wildman–Crippen MR) is 346 cm³/mol. The van der Waals surface area contributed by atoms with Crippen molar-refractivity contribution in [2.75, 3.05) is 26.4 Å². The first-order valence-electron chi connectivity index (χ1n) is 35.7. The highest BCUT2D eigenvalue weighted by Gasteiger charge is 2.53. The lowest BCUT2D eigenvalue weighted by molar-refractivity contribution is -0.379. The van der Waals surface area contributed by atoms with Crippen molar-refractivity contribution >= 4 is 5.91 Å². The Morgan fingerprint density at radius 3 is 1.12 bits per heavy atom. The Hall–Kier alpha value is -1.99. The minimum absolute atomic E-state index is 0.236. The highest BCUT2D eigenvalue weighted by atomic mass is 16.8. The van der Waals surface area contributed by atoms with Crippen molar-refractivity contribution in [3.05, 3.63) is 36.5 Å². The summed E-state index contributed by atoms with van der Waals surface area (Å²) in [6, 6.07) is -0.990. The van der Waals surface area contributed by atoms with Crippen LogP contribution in [0.5, 0.6) is 0 Å². The lowest BCUT2D eigenvalue weighted by Crippen LogP contribution is -2.66. The second kappa shape index (κ2) is 52.3. The molecule has 12 N–H and O–H groups in total. The number of amides is 1. The van der Waals surface area contributed by atoms with Crippen LogP contribution >= 0.6 is 0 Å². The third-order valence-electron chi connectivity index (χ3n) is 17.9. The average molecular weight is 1270 g/mol. The zero-order chi connectivity index (χ0) is 64.7. The first kappa shape index (κ1) is 81.2. The summed E-state index contributed by atoms with van der Waals surface area (Å²) in [5.41, 5.74) is 0. The van der Waals surface area contributed by atoms with Crippen LogP contribution in [0.25, 0.3) is 0 Å². The molecule has 17 unspecified atom stereocenters. The first-order chi connectivity index (χ1) is 43.3. The molecule has 17 atom stereocenters. The summed E-state index contributed by atoms with van der Waals surface area (Å²) < 4.78 is 34.4. The van der Waals surface area contributed by atoms with E-state index < -0.39 is 124 Å². The van der Waals surface area contributed by atoms with Crippen molar-refractivity contribution in [3.8, 4) is 0 Å². The van der Waals surface area contributed by atoms with E-state index in [4.69, 9.17) is 28.4 Å². The van der Waals surface area contributed by atoms with Gasteiger partial charge in [0.2, 0.25) is 5.91 Å². The van der Waals surface area contributed by atoms with Gasteiger partial charge in [-0.1, -0.05) is 243 Å².